The van der Waals surface area contributed by atoms with Gasteiger partial charge in [0.2, 0.25) is 0 Å². The molecule has 1 aliphatic rings. The van der Waals surface area contributed by atoms with Crippen LogP contribution in [-0.4, -0.2) is 50.7 Å². The number of fused-ring (bicyclic) bond motifs is 1. The quantitative estimate of drug-likeness (QED) is 0.705. The molecule has 1 unspecified atom stereocenters. The first-order chi connectivity index (χ1) is 15.4. The summed E-state index contributed by atoms with van der Waals surface area (Å²) < 4.78 is 11.0. The van der Waals surface area contributed by atoms with E-state index in [-0.39, 0.29) is 24.5 Å². The average molecular weight is 434 g/mol. The highest BCUT2D eigenvalue weighted by atomic mass is 16.5. The maximum atomic E-state index is 12.6. The smallest absolute Gasteiger partial charge is 0.321 e. The predicted octanol–water partition coefficient (Wildman–Crippen LogP) is 2.93. The Labute approximate surface area is 187 Å². The third-order valence-corrected chi connectivity index (χ3v) is 5.39. The highest BCUT2D eigenvalue weighted by Gasteiger charge is 2.27. The molecule has 3 amide bonds. The fourth-order valence-electron chi connectivity index (χ4n) is 3.73. The van der Waals surface area contributed by atoms with Gasteiger partial charge >= 0.3 is 6.03 Å². The summed E-state index contributed by atoms with van der Waals surface area (Å²) in [6, 6.07) is 12.5. The number of ether oxygens (including phenoxy) is 2. The molecule has 0 fully saturated rings. The number of urea groups is 1. The summed E-state index contributed by atoms with van der Waals surface area (Å²) in [5, 5.41) is 13.9. The van der Waals surface area contributed by atoms with Crippen LogP contribution in [0.1, 0.15) is 34.0 Å². The van der Waals surface area contributed by atoms with Gasteiger partial charge in [-0.3, -0.25) is 9.69 Å². The van der Waals surface area contributed by atoms with Crippen molar-refractivity contribution in [1.29, 1.82) is 5.26 Å². The number of benzene rings is 2. The lowest BCUT2D eigenvalue weighted by atomic mass is 9.92. The molecule has 1 atom stereocenters. The van der Waals surface area contributed by atoms with E-state index in [1.807, 2.05) is 43.5 Å². The zero-order chi connectivity index (χ0) is 23.3. The maximum Gasteiger partial charge on any atom is 0.321 e. The first-order valence-electron chi connectivity index (χ1n) is 10.2. The van der Waals surface area contributed by atoms with Crippen LogP contribution in [0, 0.1) is 11.3 Å². The summed E-state index contributed by atoms with van der Waals surface area (Å²) in [5.41, 5.74) is 4.03. The highest BCUT2D eigenvalue weighted by molar-refractivity contribution is 5.95. The second kappa shape index (κ2) is 9.88. The molecule has 0 bridgehead atoms. The van der Waals surface area contributed by atoms with Gasteiger partial charge in [-0.05, 0) is 54.3 Å². The molecule has 32 heavy (non-hydrogen) atoms. The van der Waals surface area contributed by atoms with E-state index in [0.717, 1.165) is 22.3 Å². The number of nitrogens with zero attached hydrogens (tertiary/aromatic N) is 2. The fourth-order valence-corrected chi connectivity index (χ4v) is 3.73. The summed E-state index contributed by atoms with van der Waals surface area (Å²) in [6.45, 7) is 1.93. The lowest BCUT2D eigenvalue weighted by Gasteiger charge is -2.24. The molecule has 2 aromatic carbocycles. The summed E-state index contributed by atoms with van der Waals surface area (Å²) >= 11 is 0. The Morgan fingerprint density at radius 3 is 2.41 bits per heavy atom. The van der Waals surface area contributed by atoms with Gasteiger partial charge in [0.1, 0.15) is 6.54 Å². The van der Waals surface area contributed by atoms with Gasteiger partial charge in [-0.1, -0.05) is 12.1 Å². The van der Waals surface area contributed by atoms with Gasteiger partial charge in [-0.2, -0.15) is 5.26 Å². The van der Waals surface area contributed by atoms with Crippen LogP contribution in [0.4, 0.5) is 4.79 Å². The van der Waals surface area contributed by atoms with E-state index in [9.17, 15) is 9.59 Å². The summed E-state index contributed by atoms with van der Waals surface area (Å²) in [5.74, 6) is 0.891. The van der Waals surface area contributed by atoms with Crippen LogP contribution in [0.5, 0.6) is 11.5 Å². The number of carbonyl (C=O) groups excluding carboxylic acids is 2. The number of nitriles is 1. The van der Waals surface area contributed by atoms with Crippen molar-refractivity contribution in [2.75, 3.05) is 27.8 Å². The minimum Gasteiger partial charge on any atom is -0.493 e. The van der Waals surface area contributed by atoms with Crippen LogP contribution in [0.3, 0.4) is 0 Å². The molecule has 0 radical (unpaired) electrons. The number of methoxy groups -OCH3 is 2. The van der Waals surface area contributed by atoms with Crippen molar-refractivity contribution in [1.82, 2.24) is 15.5 Å². The standard InChI is InChI=1S/C24H26N4O4/c1-15-11-18-12-21(31-3)22(32-4)13-19(18)20(14-28(15)24(30)26-2)16-5-7-17(8-6-16)23(29)27-10-9-25/h5-8,12-15H,10-11H2,1-4H3,(H,26,30)(H,27,29). The van der Waals surface area contributed by atoms with E-state index in [1.54, 1.807) is 38.3 Å². The van der Waals surface area contributed by atoms with Crippen molar-refractivity contribution < 1.29 is 19.1 Å². The summed E-state index contributed by atoms with van der Waals surface area (Å²) in [6.07, 6.45) is 2.45. The molecular weight excluding hydrogens is 408 g/mol. The van der Waals surface area contributed by atoms with Crippen LogP contribution in [-0.2, 0) is 6.42 Å². The minimum absolute atomic E-state index is 0.0558. The van der Waals surface area contributed by atoms with Gasteiger partial charge in [0.05, 0.1) is 20.3 Å². The molecule has 166 valence electrons. The van der Waals surface area contributed by atoms with Gasteiger partial charge in [-0.25, -0.2) is 4.79 Å². The number of rotatable bonds is 5. The molecule has 2 N–H and O–H groups in total. The minimum atomic E-state index is -0.319. The fraction of sp³-hybridized carbons (Fsp3) is 0.292. The van der Waals surface area contributed by atoms with Crippen molar-refractivity contribution in [3.63, 3.8) is 0 Å². The molecule has 0 spiro atoms. The van der Waals surface area contributed by atoms with Crippen LogP contribution in [0.15, 0.2) is 42.6 Å². The highest BCUT2D eigenvalue weighted by Crippen LogP contribution is 2.39. The molecule has 8 nitrogen and oxygen atoms in total. The van der Waals surface area contributed by atoms with Gasteiger partial charge < -0.3 is 20.1 Å². The van der Waals surface area contributed by atoms with Gasteiger partial charge in [0.25, 0.3) is 5.91 Å². The molecular formula is C24H26N4O4. The van der Waals surface area contributed by atoms with Crippen LogP contribution >= 0.6 is 0 Å². The third-order valence-electron chi connectivity index (χ3n) is 5.39. The van der Waals surface area contributed by atoms with Gasteiger partial charge in [-0.15, -0.1) is 0 Å². The number of amides is 3. The maximum absolute atomic E-state index is 12.6. The van der Waals surface area contributed by atoms with E-state index in [4.69, 9.17) is 14.7 Å². The van der Waals surface area contributed by atoms with E-state index >= 15 is 0 Å². The van der Waals surface area contributed by atoms with Crippen molar-refractivity contribution in [2.24, 2.45) is 0 Å². The van der Waals surface area contributed by atoms with E-state index in [0.29, 0.717) is 23.5 Å². The molecule has 1 heterocycles. The molecule has 0 aromatic heterocycles. The number of carbonyl (C=O) groups is 2. The number of nitrogens with one attached hydrogen (secondary N) is 2. The predicted molar refractivity (Wildman–Crippen MR) is 120 cm³/mol. The lowest BCUT2D eigenvalue weighted by molar-refractivity contribution is 0.0958. The Balaban J connectivity index is 2.13. The zero-order valence-corrected chi connectivity index (χ0v) is 18.6. The Hall–Kier alpha value is -3.99. The molecule has 2 aromatic rings. The molecule has 1 aliphatic heterocycles. The topological polar surface area (TPSA) is 104 Å². The Bertz CT molecular complexity index is 1090. The second-order valence-corrected chi connectivity index (χ2v) is 7.34. The van der Waals surface area contributed by atoms with Crippen LogP contribution < -0.4 is 20.1 Å². The van der Waals surface area contributed by atoms with Crippen molar-refractivity contribution in [2.45, 2.75) is 19.4 Å². The first kappa shape index (κ1) is 22.7. The SMILES string of the molecule is CNC(=O)N1C=C(c2ccc(C(=O)NCC#N)cc2)c2cc(OC)c(OC)cc2CC1C. The van der Waals surface area contributed by atoms with E-state index < -0.39 is 0 Å². The first-order valence-corrected chi connectivity index (χ1v) is 10.2. The lowest BCUT2D eigenvalue weighted by Crippen LogP contribution is -2.40. The van der Waals surface area contributed by atoms with Crippen molar-refractivity contribution in [3.05, 3.63) is 64.9 Å². The molecule has 0 aliphatic carbocycles. The van der Waals surface area contributed by atoms with Crippen molar-refractivity contribution in [3.8, 4) is 17.6 Å². The molecule has 0 saturated heterocycles. The van der Waals surface area contributed by atoms with Gasteiger partial charge in [0.15, 0.2) is 11.5 Å². The monoisotopic (exact) mass is 434 g/mol. The molecule has 0 saturated carbocycles. The third kappa shape index (κ3) is 4.52. The summed E-state index contributed by atoms with van der Waals surface area (Å²) in [4.78, 5) is 26.4. The molecule has 3 rings (SSSR count). The zero-order valence-electron chi connectivity index (χ0n) is 18.6. The Morgan fingerprint density at radius 2 is 1.81 bits per heavy atom. The molecule has 8 heteroatoms. The van der Waals surface area contributed by atoms with E-state index in [2.05, 4.69) is 10.6 Å². The average Bonchev–Trinajstić information content (AvgIpc) is 2.96. The Kier molecular flexibility index (Phi) is 7.00. The van der Waals surface area contributed by atoms with Crippen molar-refractivity contribution >= 4 is 17.5 Å². The largest absolute Gasteiger partial charge is 0.493 e. The van der Waals surface area contributed by atoms with E-state index in [1.165, 1.54) is 0 Å². The van der Waals surface area contributed by atoms with Crippen LogP contribution in [0.25, 0.3) is 5.57 Å². The van der Waals surface area contributed by atoms with Gasteiger partial charge in [0, 0.05) is 30.4 Å². The number of hydrogen-bond acceptors (Lipinski definition) is 5. The Morgan fingerprint density at radius 1 is 1.16 bits per heavy atom. The number of hydrogen-bond donors (Lipinski definition) is 2. The van der Waals surface area contributed by atoms with Crippen LogP contribution in [0.2, 0.25) is 0 Å². The normalized spacial score (nSPS) is 14.9. The summed E-state index contributed by atoms with van der Waals surface area (Å²) in [7, 11) is 4.77. The second-order valence-electron chi connectivity index (χ2n) is 7.34.